The number of furan rings is 1. The van der Waals surface area contributed by atoms with Crippen molar-refractivity contribution in [3.8, 4) is 11.3 Å². The summed E-state index contributed by atoms with van der Waals surface area (Å²) in [4.78, 5) is 11.2. The summed E-state index contributed by atoms with van der Waals surface area (Å²) < 4.78 is 5.22. The van der Waals surface area contributed by atoms with Crippen LogP contribution in [0.15, 0.2) is 34.9 Å². The lowest BCUT2D eigenvalue weighted by Crippen LogP contribution is -2.02. The Bertz CT molecular complexity index is 529. The minimum absolute atomic E-state index is 0.0802. The second-order valence-corrected chi connectivity index (χ2v) is 3.80. The molecule has 0 aliphatic rings. The molecule has 0 radical (unpaired) electrons. The average Bonchev–Trinajstić information content (AvgIpc) is 2.73. The Labute approximate surface area is 97.3 Å². The van der Waals surface area contributed by atoms with Crippen LogP contribution in [0.1, 0.15) is 15.9 Å². The molecule has 0 aliphatic carbocycles. The normalized spacial score (nSPS) is 10.4. The average molecular weight is 237 g/mol. The molecule has 2 aromatic rings. The van der Waals surface area contributed by atoms with Gasteiger partial charge in [-0.15, -0.1) is 0 Å². The smallest absolute Gasteiger partial charge is 0.337 e. The SMILES string of the molecule is Cc1ccc(Cl)c(C(=O)O)c1-c1ccco1. The third-order valence-electron chi connectivity index (χ3n) is 2.34. The molecule has 0 aliphatic heterocycles. The molecule has 0 atom stereocenters. The topological polar surface area (TPSA) is 50.4 Å². The van der Waals surface area contributed by atoms with E-state index in [9.17, 15) is 4.79 Å². The van der Waals surface area contributed by atoms with Gasteiger partial charge in [0, 0.05) is 5.56 Å². The first kappa shape index (κ1) is 10.8. The number of hydrogen-bond acceptors (Lipinski definition) is 2. The summed E-state index contributed by atoms with van der Waals surface area (Å²) in [5.74, 6) is -0.544. The van der Waals surface area contributed by atoms with E-state index >= 15 is 0 Å². The van der Waals surface area contributed by atoms with Crippen molar-refractivity contribution in [2.75, 3.05) is 0 Å². The minimum Gasteiger partial charge on any atom is -0.478 e. The summed E-state index contributed by atoms with van der Waals surface area (Å²) in [6.07, 6.45) is 1.50. The number of aromatic carboxylic acids is 1. The first-order valence-corrected chi connectivity index (χ1v) is 5.05. The van der Waals surface area contributed by atoms with Crippen LogP contribution in [-0.4, -0.2) is 11.1 Å². The van der Waals surface area contributed by atoms with Crippen LogP contribution in [0.3, 0.4) is 0 Å². The van der Waals surface area contributed by atoms with Gasteiger partial charge in [-0.2, -0.15) is 0 Å². The molecule has 16 heavy (non-hydrogen) atoms. The molecule has 0 spiro atoms. The van der Waals surface area contributed by atoms with Gasteiger partial charge in [0.25, 0.3) is 0 Å². The van der Waals surface area contributed by atoms with Crippen molar-refractivity contribution in [3.63, 3.8) is 0 Å². The zero-order valence-corrected chi connectivity index (χ0v) is 9.28. The second kappa shape index (κ2) is 4.02. The molecule has 2 rings (SSSR count). The van der Waals surface area contributed by atoms with Crippen molar-refractivity contribution in [3.05, 3.63) is 46.7 Å². The fourth-order valence-corrected chi connectivity index (χ4v) is 1.87. The number of carbonyl (C=O) groups is 1. The fourth-order valence-electron chi connectivity index (χ4n) is 1.63. The maximum Gasteiger partial charge on any atom is 0.337 e. The lowest BCUT2D eigenvalue weighted by Gasteiger charge is -2.08. The van der Waals surface area contributed by atoms with Crippen LogP contribution in [0.5, 0.6) is 0 Å². The molecule has 1 aromatic heterocycles. The summed E-state index contributed by atoms with van der Waals surface area (Å²) in [5, 5.41) is 9.36. The third-order valence-corrected chi connectivity index (χ3v) is 2.66. The molecule has 1 aromatic carbocycles. The highest BCUT2D eigenvalue weighted by Crippen LogP contribution is 2.32. The molecule has 0 amide bonds. The number of carboxylic acids is 1. The van der Waals surface area contributed by atoms with Crippen molar-refractivity contribution >= 4 is 17.6 Å². The van der Waals surface area contributed by atoms with E-state index < -0.39 is 5.97 Å². The first-order valence-electron chi connectivity index (χ1n) is 4.67. The van der Waals surface area contributed by atoms with Gasteiger partial charge in [0.15, 0.2) is 0 Å². The highest BCUT2D eigenvalue weighted by Gasteiger charge is 2.19. The van der Waals surface area contributed by atoms with Crippen molar-refractivity contribution < 1.29 is 14.3 Å². The van der Waals surface area contributed by atoms with Crippen LogP contribution in [0.2, 0.25) is 5.02 Å². The van der Waals surface area contributed by atoms with Gasteiger partial charge in [-0.05, 0) is 30.7 Å². The Morgan fingerprint density at radius 3 is 2.69 bits per heavy atom. The van der Waals surface area contributed by atoms with E-state index in [1.54, 1.807) is 24.3 Å². The van der Waals surface area contributed by atoms with Gasteiger partial charge in [0.05, 0.1) is 16.8 Å². The maximum absolute atomic E-state index is 11.2. The van der Waals surface area contributed by atoms with Gasteiger partial charge < -0.3 is 9.52 Å². The van der Waals surface area contributed by atoms with Crippen LogP contribution in [0, 0.1) is 6.92 Å². The molecule has 1 heterocycles. The highest BCUT2D eigenvalue weighted by molar-refractivity contribution is 6.34. The summed E-state index contributed by atoms with van der Waals surface area (Å²) in [6.45, 7) is 1.82. The molecular formula is C12H9ClO3. The van der Waals surface area contributed by atoms with Gasteiger partial charge in [-0.1, -0.05) is 17.7 Å². The van der Waals surface area contributed by atoms with Crippen molar-refractivity contribution in [1.82, 2.24) is 0 Å². The highest BCUT2D eigenvalue weighted by atomic mass is 35.5. The summed E-state index contributed by atoms with van der Waals surface area (Å²) in [5.41, 5.74) is 1.43. The molecule has 3 nitrogen and oxygen atoms in total. The minimum atomic E-state index is -1.06. The molecule has 4 heteroatoms. The largest absolute Gasteiger partial charge is 0.478 e. The molecule has 1 N–H and O–H groups in total. The lowest BCUT2D eigenvalue weighted by molar-refractivity contribution is 0.0697. The fraction of sp³-hybridized carbons (Fsp3) is 0.0833. The Morgan fingerprint density at radius 2 is 2.12 bits per heavy atom. The molecule has 0 bridgehead atoms. The predicted octanol–water partition coefficient (Wildman–Crippen LogP) is 3.61. The standard InChI is InChI=1S/C12H9ClO3/c1-7-4-5-8(13)11(12(14)15)10(7)9-3-2-6-16-9/h2-6H,1H3,(H,14,15). The van der Waals surface area contributed by atoms with Crippen LogP contribution in [0.4, 0.5) is 0 Å². The van der Waals surface area contributed by atoms with Crippen molar-refractivity contribution in [1.29, 1.82) is 0 Å². The van der Waals surface area contributed by atoms with Crippen LogP contribution >= 0.6 is 11.6 Å². The zero-order chi connectivity index (χ0) is 11.7. The molecule has 0 saturated heterocycles. The van der Waals surface area contributed by atoms with Crippen LogP contribution in [-0.2, 0) is 0 Å². The predicted molar refractivity (Wildman–Crippen MR) is 60.9 cm³/mol. The zero-order valence-electron chi connectivity index (χ0n) is 8.53. The van der Waals surface area contributed by atoms with E-state index in [0.717, 1.165) is 5.56 Å². The third kappa shape index (κ3) is 1.70. The van der Waals surface area contributed by atoms with E-state index in [1.165, 1.54) is 6.26 Å². The van der Waals surface area contributed by atoms with E-state index in [-0.39, 0.29) is 10.6 Å². The van der Waals surface area contributed by atoms with Gasteiger partial charge in [0.2, 0.25) is 0 Å². The molecule has 0 saturated carbocycles. The quantitative estimate of drug-likeness (QED) is 0.867. The van der Waals surface area contributed by atoms with Gasteiger partial charge in [0.1, 0.15) is 5.76 Å². The number of benzene rings is 1. The lowest BCUT2D eigenvalue weighted by atomic mass is 10.00. The Balaban J connectivity index is 2.76. The maximum atomic E-state index is 11.2. The number of hydrogen-bond donors (Lipinski definition) is 1. The van der Waals surface area contributed by atoms with Crippen LogP contribution < -0.4 is 0 Å². The van der Waals surface area contributed by atoms with Gasteiger partial charge >= 0.3 is 5.97 Å². The molecule has 0 unspecified atom stereocenters. The van der Waals surface area contributed by atoms with E-state index in [2.05, 4.69) is 0 Å². The van der Waals surface area contributed by atoms with Crippen LogP contribution in [0.25, 0.3) is 11.3 Å². The first-order chi connectivity index (χ1) is 7.61. The number of aryl methyl sites for hydroxylation is 1. The van der Waals surface area contributed by atoms with E-state index in [1.807, 2.05) is 6.92 Å². The number of carboxylic acid groups (broad SMARTS) is 1. The molecule has 0 fully saturated rings. The van der Waals surface area contributed by atoms with Gasteiger partial charge in [-0.3, -0.25) is 0 Å². The van der Waals surface area contributed by atoms with E-state index in [4.69, 9.17) is 21.1 Å². The Morgan fingerprint density at radius 1 is 1.38 bits per heavy atom. The second-order valence-electron chi connectivity index (χ2n) is 3.40. The Kier molecular flexibility index (Phi) is 2.71. The number of halogens is 1. The van der Waals surface area contributed by atoms with Gasteiger partial charge in [-0.25, -0.2) is 4.79 Å². The molecule has 82 valence electrons. The monoisotopic (exact) mass is 236 g/mol. The number of rotatable bonds is 2. The van der Waals surface area contributed by atoms with E-state index in [0.29, 0.717) is 11.3 Å². The Hall–Kier alpha value is -1.74. The summed E-state index contributed by atoms with van der Waals surface area (Å²) in [7, 11) is 0. The summed E-state index contributed by atoms with van der Waals surface area (Å²) in [6, 6.07) is 6.77. The summed E-state index contributed by atoms with van der Waals surface area (Å²) >= 11 is 5.89. The molecular weight excluding hydrogens is 228 g/mol. The van der Waals surface area contributed by atoms with Crippen molar-refractivity contribution in [2.45, 2.75) is 6.92 Å². The van der Waals surface area contributed by atoms with Crippen molar-refractivity contribution in [2.24, 2.45) is 0 Å².